The summed E-state index contributed by atoms with van der Waals surface area (Å²) in [5.74, 6) is 0.837. The standard InChI is InChI=1S/C14H16BrNO2S/c1-10-14(19-9-16-10)5-6-18-8-11-3-4-13(17-2)12(15)7-11/h3-4,7,9H,5-6,8H2,1-2H3. The van der Waals surface area contributed by atoms with Gasteiger partial charge in [0.05, 0.1) is 36.0 Å². The minimum atomic E-state index is 0.612. The maximum Gasteiger partial charge on any atom is 0.133 e. The van der Waals surface area contributed by atoms with E-state index in [4.69, 9.17) is 9.47 Å². The van der Waals surface area contributed by atoms with Crippen LogP contribution in [-0.4, -0.2) is 18.7 Å². The van der Waals surface area contributed by atoms with Gasteiger partial charge in [-0.2, -0.15) is 0 Å². The topological polar surface area (TPSA) is 31.4 Å². The Morgan fingerprint density at radius 2 is 2.21 bits per heavy atom. The van der Waals surface area contributed by atoms with Gasteiger partial charge in [-0.15, -0.1) is 11.3 Å². The first-order valence-corrected chi connectivity index (χ1v) is 7.67. The summed E-state index contributed by atoms with van der Waals surface area (Å²) in [6, 6.07) is 5.98. The van der Waals surface area contributed by atoms with Crippen LogP contribution in [0.15, 0.2) is 28.2 Å². The van der Waals surface area contributed by atoms with Gasteiger partial charge in [0, 0.05) is 11.3 Å². The first kappa shape index (κ1) is 14.5. The van der Waals surface area contributed by atoms with Gasteiger partial charge in [-0.25, -0.2) is 4.98 Å². The van der Waals surface area contributed by atoms with E-state index in [-0.39, 0.29) is 0 Å². The third-order valence-electron chi connectivity index (χ3n) is 2.80. The summed E-state index contributed by atoms with van der Waals surface area (Å²) in [6.45, 7) is 3.36. The molecule has 0 saturated carbocycles. The molecule has 0 N–H and O–H groups in total. The molecule has 102 valence electrons. The molecule has 1 aromatic heterocycles. The average Bonchev–Trinajstić information content (AvgIpc) is 2.80. The maximum atomic E-state index is 5.69. The molecule has 1 heterocycles. The van der Waals surface area contributed by atoms with Crippen molar-refractivity contribution in [3.63, 3.8) is 0 Å². The van der Waals surface area contributed by atoms with Gasteiger partial charge < -0.3 is 9.47 Å². The second-order valence-corrected chi connectivity index (χ2v) is 5.93. The molecular formula is C14H16BrNO2S. The van der Waals surface area contributed by atoms with Gasteiger partial charge in [0.25, 0.3) is 0 Å². The minimum absolute atomic E-state index is 0.612. The van der Waals surface area contributed by atoms with Gasteiger partial charge in [0.1, 0.15) is 5.75 Å². The number of thiazole rings is 1. The van der Waals surface area contributed by atoms with E-state index in [0.717, 1.165) is 27.9 Å². The Bertz CT molecular complexity index is 542. The number of hydrogen-bond acceptors (Lipinski definition) is 4. The molecule has 0 amide bonds. The van der Waals surface area contributed by atoms with Crippen molar-refractivity contribution < 1.29 is 9.47 Å². The number of benzene rings is 1. The first-order valence-electron chi connectivity index (χ1n) is 6.00. The van der Waals surface area contributed by atoms with Crippen LogP contribution in [0.5, 0.6) is 5.75 Å². The van der Waals surface area contributed by atoms with Crippen LogP contribution in [0, 0.1) is 6.92 Å². The third kappa shape index (κ3) is 4.03. The van der Waals surface area contributed by atoms with E-state index in [9.17, 15) is 0 Å². The SMILES string of the molecule is COc1ccc(COCCc2scnc2C)cc1Br. The highest BCUT2D eigenvalue weighted by molar-refractivity contribution is 9.10. The molecule has 0 atom stereocenters. The van der Waals surface area contributed by atoms with Crippen molar-refractivity contribution in [3.8, 4) is 5.75 Å². The van der Waals surface area contributed by atoms with Crippen LogP contribution in [0.3, 0.4) is 0 Å². The van der Waals surface area contributed by atoms with Crippen LogP contribution in [0.2, 0.25) is 0 Å². The van der Waals surface area contributed by atoms with E-state index >= 15 is 0 Å². The summed E-state index contributed by atoms with van der Waals surface area (Å²) in [4.78, 5) is 5.53. The maximum absolute atomic E-state index is 5.69. The fourth-order valence-corrected chi connectivity index (χ4v) is 3.07. The lowest BCUT2D eigenvalue weighted by Crippen LogP contribution is -1.99. The summed E-state index contributed by atoms with van der Waals surface area (Å²) < 4.78 is 11.8. The fourth-order valence-electron chi connectivity index (χ4n) is 1.72. The third-order valence-corrected chi connectivity index (χ3v) is 4.42. The number of aryl methyl sites for hydroxylation is 1. The predicted octanol–water partition coefficient (Wildman–Crippen LogP) is 3.98. The zero-order chi connectivity index (χ0) is 13.7. The van der Waals surface area contributed by atoms with Crippen molar-refractivity contribution in [2.75, 3.05) is 13.7 Å². The van der Waals surface area contributed by atoms with Crippen LogP contribution in [0.1, 0.15) is 16.1 Å². The first-order chi connectivity index (χ1) is 9.20. The number of rotatable bonds is 6. The quantitative estimate of drug-likeness (QED) is 0.744. The lowest BCUT2D eigenvalue weighted by Gasteiger charge is -2.07. The normalized spacial score (nSPS) is 10.7. The van der Waals surface area contributed by atoms with E-state index in [1.165, 1.54) is 4.88 Å². The summed E-state index contributed by atoms with van der Waals surface area (Å²) in [5.41, 5.74) is 4.13. The van der Waals surface area contributed by atoms with Gasteiger partial charge in [0.2, 0.25) is 0 Å². The van der Waals surface area contributed by atoms with Gasteiger partial charge in [-0.3, -0.25) is 0 Å². The lowest BCUT2D eigenvalue weighted by molar-refractivity contribution is 0.124. The van der Waals surface area contributed by atoms with Crippen molar-refractivity contribution in [2.45, 2.75) is 20.0 Å². The highest BCUT2D eigenvalue weighted by Crippen LogP contribution is 2.25. The van der Waals surface area contributed by atoms with Gasteiger partial charge in [-0.05, 0) is 40.5 Å². The van der Waals surface area contributed by atoms with Gasteiger partial charge in [-0.1, -0.05) is 6.07 Å². The van der Waals surface area contributed by atoms with Crippen molar-refractivity contribution in [3.05, 3.63) is 44.3 Å². The molecule has 0 radical (unpaired) electrons. The Kier molecular flexibility index (Phi) is 5.36. The van der Waals surface area contributed by atoms with E-state index in [1.807, 2.05) is 30.6 Å². The van der Waals surface area contributed by atoms with Crippen LogP contribution in [0.4, 0.5) is 0 Å². The molecule has 0 fully saturated rings. The molecule has 0 aliphatic carbocycles. The van der Waals surface area contributed by atoms with E-state index in [0.29, 0.717) is 13.2 Å². The molecule has 2 rings (SSSR count). The Morgan fingerprint density at radius 3 is 2.84 bits per heavy atom. The van der Waals surface area contributed by atoms with E-state index in [1.54, 1.807) is 18.4 Å². The molecule has 0 bridgehead atoms. The van der Waals surface area contributed by atoms with Crippen molar-refractivity contribution in [2.24, 2.45) is 0 Å². The second-order valence-electron chi connectivity index (χ2n) is 4.13. The van der Waals surface area contributed by atoms with E-state index in [2.05, 4.69) is 20.9 Å². The Morgan fingerprint density at radius 1 is 1.37 bits per heavy atom. The molecule has 5 heteroatoms. The number of methoxy groups -OCH3 is 1. The number of halogens is 1. The summed E-state index contributed by atoms with van der Waals surface area (Å²) >= 11 is 5.16. The number of hydrogen-bond donors (Lipinski definition) is 0. The zero-order valence-corrected chi connectivity index (χ0v) is 13.4. The molecule has 19 heavy (non-hydrogen) atoms. The largest absolute Gasteiger partial charge is 0.496 e. The van der Waals surface area contributed by atoms with Crippen LogP contribution >= 0.6 is 27.3 Å². The molecule has 0 aliphatic heterocycles. The molecule has 1 aromatic carbocycles. The number of ether oxygens (including phenoxy) is 2. The van der Waals surface area contributed by atoms with Crippen LogP contribution < -0.4 is 4.74 Å². The zero-order valence-electron chi connectivity index (χ0n) is 11.0. The molecular weight excluding hydrogens is 326 g/mol. The minimum Gasteiger partial charge on any atom is -0.496 e. The van der Waals surface area contributed by atoms with E-state index < -0.39 is 0 Å². The molecule has 0 saturated heterocycles. The Labute approximate surface area is 125 Å². The van der Waals surface area contributed by atoms with Crippen molar-refractivity contribution >= 4 is 27.3 Å². The number of aromatic nitrogens is 1. The molecule has 0 spiro atoms. The Balaban J connectivity index is 1.80. The Hall–Kier alpha value is -0.910. The number of nitrogens with zero attached hydrogens (tertiary/aromatic N) is 1. The van der Waals surface area contributed by atoms with Crippen molar-refractivity contribution in [1.82, 2.24) is 4.98 Å². The molecule has 3 nitrogen and oxygen atoms in total. The average molecular weight is 342 g/mol. The highest BCUT2D eigenvalue weighted by Gasteiger charge is 2.03. The van der Waals surface area contributed by atoms with Gasteiger partial charge >= 0.3 is 0 Å². The van der Waals surface area contributed by atoms with Crippen LogP contribution in [-0.2, 0) is 17.8 Å². The molecule has 0 unspecified atom stereocenters. The summed E-state index contributed by atoms with van der Waals surface area (Å²) in [7, 11) is 1.66. The molecule has 2 aromatic rings. The predicted molar refractivity (Wildman–Crippen MR) is 80.9 cm³/mol. The fraction of sp³-hybridized carbons (Fsp3) is 0.357. The smallest absolute Gasteiger partial charge is 0.133 e. The summed E-state index contributed by atoms with van der Waals surface area (Å²) in [5, 5.41) is 0. The summed E-state index contributed by atoms with van der Waals surface area (Å²) in [6.07, 6.45) is 0.924. The van der Waals surface area contributed by atoms with Gasteiger partial charge in [0.15, 0.2) is 0 Å². The highest BCUT2D eigenvalue weighted by atomic mass is 79.9. The molecule has 0 aliphatic rings. The second kappa shape index (κ2) is 7.03. The van der Waals surface area contributed by atoms with Crippen molar-refractivity contribution in [1.29, 1.82) is 0 Å². The monoisotopic (exact) mass is 341 g/mol. The van der Waals surface area contributed by atoms with Crippen LogP contribution in [0.25, 0.3) is 0 Å². The lowest BCUT2D eigenvalue weighted by atomic mass is 10.2.